The van der Waals surface area contributed by atoms with Crippen LogP contribution in [0.15, 0.2) is 41.7 Å². The number of rotatable bonds is 3. The Morgan fingerprint density at radius 1 is 1.33 bits per heavy atom. The molecule has 1 aromatic heterocycles. The van der Waals surface area contributed by atoms with E-state index >= 15 is 0 Å². The topological polar surface area (TPSA) is 32.9 Å². The lowest BCUT2D eigenvalue weighted by atomic mass is 10.1. The number of halogens is 3. The summed E-state index contributed by atoms with van der Waals surface area (Å²) in [5.74, 6) is -3.78. The van der Waals surface area contributed by atoms with Crippen LogP contribution in [0.25, 0.3) is 10.9 Å². The van der Waals surface area contributed by atoms with Gasteiger partial charge in [0.05, 0.1) is 5.69 Å². The first kappa shape index (κ1) is 12.4. The Balaban J connectivity index is 2.66. The molecule has 0 aliphatic rings. The summed E-state index contributed by atoms with van der Waals surface area (Å²) in [6.45, 7) is 3.25. The van der Waals surface area contributed by atoms with E-state index in [2.05, 4.69) is 11.6 Å². The minimum atomic E-state index is -3.19. The van der Waals surface area contributed by atoms with Crippen LogP contribution < -0.4 is 5.43 Å². The Labute approximate surface area is 101 Å². The number of nitrogens with one attached hydrogen (secondary N) is 1. The van der Waals surface area contributed by atoms with Crippen LogP contribution in [0.4, 0.5) is 13.2 Å². The first-order valence-corrected chi connectivity index (χ1v) is 5.26. The molecule has 0 saturated heterocycles. The Morgan fingerprint density at radius 3 is 2.72 bits per heavy atom. The second-order valence-corrected chi connectivity index (χ2v) is 3.93. The second kappa shape index (κ2) is 4.33. The van der Waals surface area contributed by atoms with Crippen molar-refractivity contribution in [3.05, 3.63) is 58.7 Å². The van der Waals surface area contributed by atoms with Crippen LogP contribution in [-0.4, -0.2) is 4.98 Å². The first-order chi connectivity index (χ1) is 8.44. The Hall–Kier alpha value is -2.04. The fourth-order valence-electron chi connectivity index (χ4n) is 1.71. The molecule has 0 aliphatic heterocycles. The highest BCUT2D eigenvalue weighted by atomic mass is 19.3. The molecule has 1 aromatic carbocycles. The van der Waals surface area contributed by atoms with E-state index in [4.69, 9.17) is 0 Å². The lowest BCUT2D eigenvalue weighted by Crippen LogP contribution is -2.18. The average Bonchev–Trinajstić information content (AvgIpc) is 2.29. The molecule has 94 valence electrons. The molecule has 2 rings (SSSR count). The van der Waals surface area contributed by atoms with Gasteiger partial charge < -0.3 is 4.98 Å². The lowest BCUT2D eigenvalue weighted by molar-refractivity contribution is -0.00517. The molecule has 2 nitrogen and oxygen atoms in total. The van der Waals surface area contributed by atoms with E-state index in [1.54, 1.807) is 0 Å². The van der Waals surface area contributed by atoms with Crippen molar-refractivity contribution in [1.29, 1.82) is 0 Å². The fourth-order valence-corrected chi connectivity index (χ4v) is 1.71. The molecule has 0 fully saturated rings. The summed E-state index contributed by atoms with van der Waals surface area (Å²) < 4.78 is 40.2. The molecule has 0 bridgehead atoms. The van der Waals surface area contributed by atoms with Crippen LogP contribution in [0.2, 0.25) is 0 Å². The zero-order valence-corrected chi connectivity index (χ0v) is 9.34. The molecule has 1 N–H and O–H groups in total. The van der Waals surface area contributed by atoms with Gasteiger partial charge in [0.15, 0.2) is 5.43 Å². The molecule has 0 aliphatic carbocycles. The monoisotopic (exact) mass is 253 g/mol. The van der Waals surface area contributed by atoms with Crippen LogP contribution in [0.1, 0.15) is 12.1 Å². The average molecular weight is 253 g/mol. The largest absolute Gasteiger partial charge is 0.353 e. The normalized spacial score (nSPS) is 11.7. The molecule has 0 saturated carbocycles. The van der Waals surface area contributed by atoms with E-state index in [9.17, 15) is 18.0 Å². The molecule has 1 heterocycles. The molecule has 0 spiro atoms. The maximum Gasteiger partial charge on any atom is 0.291 e. The van der Waals surface area contributed by atoms with Gasteiger partial charge in [-0.2, -0.15) is 8.78 Å². The van der Waals surface area contributed by atoms with Crippen LogP contribution in [0.3, 0.4) is 0 Å². The SMILES string of the molecule is C=CCC(F)(F)c1cc(=O)c2cc(F)ccc2[nH]1. The number of pyridine rings is 1. The molecule has 0 radical (unpaired) electrons. The third-order valence-corrected chi connectivity index (χ3v) is 2.59. The predicted octanol–water partition coefficient (Wildman–Crippen LogP) is 3.34. The van der Waals surface area contributed by atoms with E-state index in [1.165, 1.54) is 6.07 Å². The smallest absolute Gasteiger partial charge is 0.291 e. The van der Waals surface area contributed by atoms with Crippen molar-refractivity contribution in [2.24, 2.45) is 0 Å². The highest BCUT2D eigenvalue weighted by molar-refractivity contribution is 5.78. The third-order valence-electron chi connectivity index (χ3n) is 2.59. The zero-order valence-electron chi connectivity index (χ0n) is 9.34. The van der Waals surface area contributed by atoms with E-state index in [-0.39, 0.29) is 10.9 Å². The van der Waals surface area contributed by atoms with Crippen molar-refractivity contribution in [3.63, 3.8) is 0 Å². The summed E-state index contributed by atoms with van der Waals surface area (Å²) >= 11 is 0. The van der Waals surface area contributed by atoms with E-state index in [0.717, 1.165) is 24.3 Å². The summed E-state index contributed by atoms with van der Waals surface area (Å²) in [7, 11) is 0. The number of aromatic amines is 1. The van der Waals surface area contributed by atoms with Crippen molar-refractivity contribution in [2.75, 3.05) is 0 Å². The number of aromatic nitrogens is 1. The number of alkyl halides is 2. The number of hydrogen-bond acceptors (Lipinski definition) is 1. The van der Waals surface area contributed by atoms with Crippen molar-refractivity contribution in [1.82, 2.24) is 4.98 Å². The third kappa shape index (κ3) is 2.16. The summed E-state index contributed by atoms with van der Waals surface area (Å²) in [6, 6.07) is 4.18. The number of allylic oxidation sites excluding steroid dienone is 1. The van der Waals surface area contributed by atoms with Crippen LogP contribution in [0.5, 0.6) is 0 Å². The van der Waals surface area contributed by atoms with Gasteiger partial charge in [-0.15, -0.1) is 6.58 Å². The number of H-pyrrole nitrogens is 1. The van der Waals surface area contributed by atoms with Crippen molar-refractivity contribution in [3.8, 4) is 0 Å². The minimum absolute atomic E-state index is 0.0492. The zero-order chi connectivity index (χ0) is 13.3. The van der Waals surface area contributed by atoms with Gasteiger partial charge in [0.25, 0.3) is 5.92 Å². The van der Waals surface area contributed by atoms with Gasteiger partial charge in [-0.05, 0) is 18.2 Å². The maximum atomic E-state index is 13.6. The Kier molecular flexibility index (Phi) is 2.98. The highest BCUT2D eigenvalue weighted by Crippen LogP contribution is 2.30. The van der Waals surface area contributed by atoms with E-state index < -0.39 is 29.3 Å². The summed E-state index contributed by atoms with van der Waals surface area (Å²) in [5.41, 5.74) is -0.948. The highest BCUT2D eigenvalue weighted by Gasteiger charge is 2.31. The summed E-state index contributed by atoms with van der Waals surface area (Å²) in [4.78, 5) is 14.1. The summed E-state index contributed by atoms with van der Waals surface area (Å²) in [5, 5.41) is 0.0492. The van der Waals surface area contributed by atoms with Gasteiger partial charge in [-0.1, -0.05) is 6.08 Å². The first-order valence-electron chi connectivity index (χ1n) is 5.26. The van der Waals surface area contributed by atoms with Crippen molar-refractivity contribution < 1.29 is 13.2 Å². The van der Waals surface area contributed by atoms with Crippen LogP contribution in [-0.2, 0) is 5.92 Å². The molecule has 0 amide bonds. The minimum Gasteiger partial charge on any atom is -0.353 e. The lowest BCUT2D eigenvalue weighted by Gasteiger charge is -2.14. The number of fused-ring (bicyclic) bond motifs is 1. The van der Waals surface area contributed by atoms with E-state index in [0.29, 0.717) is 0 Å². The molecular weight excluding hydrogens is 243 g/mol. The van der Waals surface area contributed by atoms with Gasteiger partial charge in [-0.25, -0.2) is 4.39 Å². The Morgan fingerprint density at radius 2 is 2.06 bits per heavy atom. The predicted molar refractivity (Wildman–Crippen MR) is 63.2 cm³/mol. The second-order valence-electron chi connectivity index (χ2n) is 3.93. The number of hydrogen-bond donors (Lipinski definition) is 1. The van der Waals surface area contributed by atoms with Gasteiger partial charge in [0, 0.05) is 23.4 Å². The molecule has 0 atom stereocenters. The van der Waals surface area contributed by atoms with Crippen molar-refractivity contribution in [2.45, 2.75) is 12.3 Å². The maximum absolute atomic E-state index is 13.6. The molecule has 2 aromatic rings. The number of benzene rings is 1. The quantitative estimate of drug-likeness (QED) is 0.836. The van der Waals surface area contributed by atoms with Gasteiger partial charge in [0.1, 0.15) is 5.82 Å². The Bertz CT molecular complexity index is 661. The molecule has 5 heteroatoms. The van der Waals surface area contributed by atoms with Gasteiger partial charge >= 0.3 is 0 Å². The molecule has 0 unspecified atom stereocenters. The van der Waals surface area contributed by atoms with Crippen LogP contribution in [0, 0.1) is 5.82 Å². The molecular formula is C13H10F3NO. The fraction of sp³-hybridized carbons (Fsp3) is 0.154. The standard InChI is InChI=1S/C13H10F3NO/c1-2-5-13(15,16)12-7-11(18)9-6-8(14)3-4-10(9)17-12/h2-4,6-7H,1,5H2,(H,17,18). The summed E-state index contributed by atoms with van der Waals surface area (Å²) in [6.07, 6.45) is 0.503. The van der Waals surface area contributed by atoms with E-state index in [1.807, 2.05) is 0 Å². The molecule has 18 heavy (non-hydrogen) atoms. The van der Waals surface area contributed by atoms with Crippen molar-refractivity contribution >= 4 is 10.9 Å². The van der Waals surface area contributed by atoms with Gasteiger partial charge in [0.2, 0.25) is 0 Å². The van der Waals surface area contributed by atoms with Gasteiger partial charge in [-0.3, -0.25) is 4.79 Å². The van der Waals surface area contributed by atoms with Crippen LogP contribution >= 0.6 is 0 Å².